The van der Waals surface area contributed by atoms with Crippen molar-refractivity contribution in [3.63, 3.8) is 0 Å². The number of nitrogens with one attached hydrogen (secondary N) is 1. The Morgan fingerprint density at radius 1 is 1.24 bits per heavy atom. The Kier molecular flexibility index (Phi) is 4.38. The minimum Gasteiger partial charge on any atom is -0.497 e. The molecule has 0 unspecified atom stereocenters. The van der Waals surface area contributed by atoms with Gasteiger partial charge in [0.1, 0.15) is 5.75 Å². The Labute approximate surface area is 144 Å². The highest BCUT2D eigenvalue weighted by molar-refractivity contribution is 5.79. The molecule has 0 saturated heterocycles. The minimum atomic E-state index is -0.448. The van der Waals surface area contributed by atoms with Gasteiger partial charge in [-0.05, 0) is 23.8 Å². The van der Waals surface area contributed by atoms with Crippen LogP contribution in [-0.4, -0.2) is 22.9 Å². The van der Waals surface area contributed by atoms with Gasteiger partial charge in [-0.3, -0.25) is 20.3 Å². The zero-order chi connectivity index (χ0) is 18.0. The number of benzene rings is 2. The summed E-state index contributed by atoms with van der Waals surface area (Å²) in [6, 6.07) is 13.3. The van der Waals surface area contributed by atoms with E-state index in [2.05, 4.69) is 5.43 Å². The Balaban J connectivity index is 2.00. The molecule has 0 fully saturated rings. The molecule has 128 valence electrons. The van der Waals surface area contributed by atoms with E-state index in [4.69, 9.17) is 4.74 Å². The average molecular weight is 339 g/mol. The van der Waals surface area contributed by atoms with Crippen LogP contribution in [0.4, 0.5) is 5.69 Å². The summed E-state index contributed by atoms with van der Waals surface area (Å²) >= 11 is 0. The van der Waals surface area contributed by atoms with Crippen LogP contribution >= 0.6 is 0 Å². The summed E-state index contributed by atoms with van der Waals surface area (Å²) in [5.41, 5.74) is 5.33. The number of hydrazine groups is 1. The number of ether oxygens (including phenoxy) is 1. The summed E-state index contributed by atoms with van der Waals surface area (Å²) in [5.74, 6) is 0.513. The van der Waals surface area contributed by atoms with Crippen LogP contribution in [0.25, 0.3) is 5.70 Å². The van der Waals surface area contributed by atoms with Crippen molar-refractivity contribution >= 4 is 17.3 Å². The lowest BCUT2D eigenvalue weighted by Crippen LogP contribution is -2.37. The zero-order valence-electron chi connectivity index (χ0n) is 13.8. The van der Waals surface area contributed by atoms with Gasteiger partial charge >= 0.3 is 0 Å². The number of non-ortho nitro benzene ring substituents is 1. The van der Waals surface area contributed by atoms with Crippen molar-refractivity contribution in [1.29, 1.82) is 0 Å². The van der Waals surface area contributed by atoms with Gasteiger partial charge in [-0.1, -0.05) is 24.3 Å². The fourth-order valence-electron chi connectivity index (χ4n) is 2.76. The van der Waals surface area contributed by atoms with Crippen LogP contribution in [0.1, 0.15) is 24.1 Å². The molecule has 2 aromatic rings. The molecule has 0 radical (unpaired) electrons. The molecule has 7 heteroatoms. The third-order valence-corrected chi connectivity index (χ3v) is 3.99. The quantitative estimate of drug-likeness (QED) is 0.683. The largest absolute Gasteiger partial charge is 0.497 e. The highest BCUT2D eigenvalue weighted by Crippen LogP contribution is 2.33. The predicted molar refractivity (Wildman–Crippen MR) is 92.5 cm³/mol. The molecule has 0 aliphatic carbocycles. The maximum absolute atomic E-state index is 12.0. The van der Waals surface area contributed by atoms with Gasteiger partial charge in [0.05, 0.1) is 23.8 Å². The smallest absolute Gasteiger partial charge is 0.269 e. The predicted octanol–water partition coefficient (Wildman–Crippen LogP) is 3.05. The fraction of sp³-hybridized carbons (Fsp3) is 0.167. The monoisotopic (exact) mass is 339 g/mol. The summed E-state index contributed by atoms with van der Waals surface area (Å²) in [6.07, 6.45) is 1.87. The molecule has 1 N–H and O–H groups in total. The first-order valence-corrected chi connectivity index (χ1v) is 7.66. The molecule has 1 aliphatic heterocycles. The number of carbonyl (C=O) groups is 1. The molecule has 0 spiro atoms. The first kappa shape index (κ1) is 16.5. The van der Waals surface area contributed by atoms with E-state index < -0.39 is 11.0 Å². The second kappa shape index (κ2) is 6.64. The molecule has 3 rings (SSSR count). The molecule has 25 heavy (non-hydrogen) atoms. The Bertz CT molecular complexity index is 863. The maximum Gasteiger partial charge on any atom is 0.269 e. The summed E-state index contributed by atoms with van der Waals surface area (Å²) in [5, 5.41) is 12.5. The molecule has 0 aromatic heterocycles. The van der Waals surface area contributed by atoms with E-state index in [-0.39, 0.29) is 11.6 Å². The molecular weight excluding hydrogens is 322 g/mol. The van der Waals surface area contributed by atoms with E-state index in [9.17, 15) is 14.9 Å². The molecule has 1 heterocycles. The number of hydrogen-bond donors (Lipinski definition) is 1. The second-order valence-corrected chi connectivity index (χ2v) is 5.61. The Morgan fingerprint density at radius 2 is 2.00 bits per heavy atom. The summed E-state index contributed by atoms with van der Waals surface area (Å²) in [4.78, 5) is 22.6. The fourth-order valence-corrected chi connectivity index (χ4v) is 2.76. The van der Waals surface area contributed by atoms with Crippen LogP contribution in [0.5, 0.6) is 5.75 Å². The van der Waals surface area contributed by atoms with Gasteiger partial charge in [-0.25, -0.2) is 5.01 Å². The molecular formula is C18H17N3O4. The van der Waals surface area contributed by atoms with Crippen molar-refractivity contribution < 1.29 is 14.5 Å². The van der Waals surface area contributed by atoms with Crippen molar-refractivity contribution in [2.24, 2.45) is 0 Å². The van der Waals surface area contributed by atoms with Crippen molar-refractivity contribution in [2.75, 3.05) is 7.11 Å². The summed E-state index contributed by atoms with van der Waals surface area (Å²) < 4.78 is 5.23. The van der Waals surface area contributed by atoms with Crippen LogP contribution < -0.4 is 10.2 Å². The summed E-state index contributed by atoms with van der Waals surface area (Å²) in [7, 11) is 1.59. The SMILES string of the molecule is COc1cccc(C2=C[C@@H](c3cccc([N+](=O)[O-])c3)N(C(C)=O)N2)c1. The van der Waals surface area contributed by atoms with Gasteiger partial charge in [0.2, 0.25) is 5.91 Å². The highest BCUT2D eigenvalue weighted by Gasteiger charge is 2.29. The number of hydrogen-bond acceptors (Lipinski definition) is 5. The molecule has 0 saturated carbocycles. The molecule has 2 aromatic carbocycles. The van der Waals surface area contributed by atoms with E-state index in [0.29, 0.717) is 11.3 Å². The molecule has 1 amide bonds. The average Bonchev–Trinajstić information content (AvgIpc) is 3.07. The first-order valence-electron chi connectivity index (χ1n) is 7.66. The van der Waals surface area contributed by atoms with Gasteiger partial charge < -0.3 is 4.74 Å². The van der Waals surface area contributed by atoms with Gasteiger partial charge in [0.25, 0.3) is 5.69 Å². The van der Waals surface area contributed by atoms with Crippen LogP contribution in [0.2, 0.25) is 0 Å². The normalized spacial score (nSPS) is 16.2. The van der Waals surface area contributed by atoms with Crippen LogP contribution in [0.15, 0.2) is 54.6 Å². The minimum absolute atomic E-state index is 0.00997. The van der Waals surface area contributed by atoms with E-state index in [1.165, 1.54) is 24.1 Å². The topological polar surface area (TPSA) is 84.7 Å². The second-order valence-electron chi connectivity index (χ2n) is 5.61. The van der Waals surface area contributed by atoms with E-state index in [0.717, 1.165) is 11.3 Å². The van der Waals surface area contributed by atoms with Gasteiger partial charge in [-0.2, -0.15) is 0 Å². The van der Waals surface area contributed by atoms with Gasteiger partial charge in [0, 0.05) is 24.6 Å². The van der Waals surface area contributed by atoms with E-state index in [1.54, 1.807) is 19.2 Å². The number of nitro benzene ring substituents is 1. The number of nitro groups is 1. The number of rotatable bonds is 4. The highest BCUT2D eigenvalue weighted by atomic mass is 16.6. The molecule has 1 atom stereocenters. The maximum atomic E-state index is 12.0. The number of carbonyl (C=O) groups excluding carboxylic acids is 1. The van der Waals surface area contributed by atoms with Crippen LogP contribution in [0, 0.1) is 10.1 Å². The van der Waals surface area contributed by atoms with Gasteiger partial charge in [0.15, 0.2) is 0 Å². The Morgan fingerprint density at radius 3 is 2.68 bits per heavy atom. The number of amides is 1. The summed E-state index contributed by atoms with van der Waals surface area (Å²) in [6.45, 7) is 1.44. The van der Waals surface area contributed by atoms with Gasteiger partial charge in [-0.15, -0.1) is 0 Å². The molecule has 7 nitrogen and oxygen atoms in total. The van der Waals surface area contributed by atoms with Crippen molar-refractivity contribution in [3.8, 4) is 5.75 Å². The van der Waals surface area contributed by atoms with Crippen LogP contribution in [0.3, 0.4) is 0 Å². The van der Waals surface area contributed by atoms with Crippen molar-refractivity contribution in [3.05, 3.63) is 75.8 Å². The zero-order valence-corrected chi connectivity index (χ0v) is 13.8. The van der Waals surface area contributed by atoms with Crippen molar-refractivity contribution in [2.45, 2.75) is 13.0 Å². The van der Waals surface area contributed by atoms with Crippen molar-refractivity contribution in [1.82, 2.24) is 10.4 Å². The van der Waals surface area contributed by atoms with Crippen LogP contribution in [-0.2, 0) is 4.79 Å². The standard InChI is InChI=1S/C18H17N3O4/c1-12(22)20-18(14-6-3-7-15(9-14)21(23)24)11-17(19-20)13-5-4-8-16(10-13)25-2/h3-11,18-19H,1-2H3/t18-/m0/s1. The Hall–Kier alpha value is -3.35. The lowest BCUT2D eigenvalue weighted by molar-refractivity contribution is -0.384. The lowest BCUT2D eigenvalue weighted by Gasteiger charge is -2.24. The third kappa shape index (κ3) is 3.30. The number of nitrogens with zero attached hydrogens (tertiary/aromatic N) is 2. The van der Waals surface area contributed by atoms with E-state index in [1.807, 2.05) is 30.3 Å². The third-order valence-electron chi connectivity index (χ3n) is 3.99. The number of methoxy groups -OCH3 is 1. The first-order chi connectivity index (χ1) is 12.0. The molecule has 0 bridgehead atoms. The lowest BCUT2D eigenvalue weighted by atomic mass is 10.0. The molecule has 1 aliphatic rings. The van der Waals surface area contributed by atoms with E-state index >= 15 is 0 Å².